The molecule has 0 aromatic heterocycles. The Morgan fingerprint density at radius 2 is 1.19 bits per heavy atom. The van der Waals surface area contributed by atoms with E-state index in [0.29, 0.717) is 13.1 Å². The second-order valence-corrected chi connectivity index (χ2v) is 11.8. The number of hydrogen-bond acceptors (Lipinski definition) is 3. The number of amides is 1. The Morgan fingerprint density at radius 1 is 0.721 bits per heavy atom. The van der Waals surface area contributed by atoms with Crippen LogP contribution in [-0.2, 0) is 33.6 Å². The van der Waals surface area contributed by atoms with Gasteiger partial charge in [-0.2, -0.15) is 0 Å². The summed E-state index contributed by atoms with van der Waals surface area (Å²) in [5.41, 5.74) is 6.68. The second kappa shape index (κ2) is 17.8. The molecule has 3 aliphatic rings. The highest BCUT2D eigenvalue weighted by atomic mass is 35.5. The van der Waals surface area contributed by atoms with Gasteiger partial charge in [-0.3, -0.25) is 14.4 Å². The molecule has 43 heavy (non-hydrogen) atoms. The van der Waals surface area contributed by atoms with Gasteiger partial charge in [-0.05, 0) is 36.0 Å². The van der Waals surface area contributed by atoms with Gasteiger partial charge in [0, 0.05) is 6.42 Å². The molecule has 2 atom stereocenters. The molecule has 3 heterocycles. The van der Waals surface area contributed by atoms with E-state index in [-0.39, 0.29) is 56.0 Å². The fourth-order valence-corrected chi connectivity index (χ4v) is 6.49. The molecule has 2 aromatic carbocycles. The molecule has 0 spiro atoms. The van der Waals surface area contributed by atoms with Gasteiger partial charge in [0.1, 0.15) is 39.3 Å². The molecule has 3 saturated heterocycles. The van der Waals surface area contributed by atoms with Gasteiger partial charge < -0.3 is 67.5 Å². The molecule has 12 heteroatoms. The predicted octanol–water partition coefficient (Wildman–Crippen LogP) is -8.16. The summed E-state index contributed by atoms with van der Waals surface area (Å²) in [6, 6.07) is 17.2. The maximum absolute atomic E-state index is 12.3. The Labute approximate surface area is 273 Å². The third kappa shape index (κ3) is 10.6. The van der Waals surface area contributed by atoms with Crippen LogP contribution in [0.1, 0.15) is 23.1 Å². The van der Waals surface area contributed by atoms with Gasteiger partial charge in [-0.25, -0.2) is 0 Å². The molecule has 1 amide bonds. The lowest BCUT2D eigenvalue weighted by atomic mass is 9.82. The van der Waals surface area contributed by atoms with E-state index in [2.05, 4.69) is 23.2 Å². The molecule has 9 nitrogen and oxygen atoms in total. The highest BCUT2D eigenvalue weighted by Crippen LogP contribution is 2.28. The highest BCUT2D eigenvalue weighted by molar-refractivity contribution is 5.80. The van der Waals surface area contributed by atoms with Crippen LogP contribution in [0.5, 0.6) is 0 Å². The van der Waals surface area contributed by atoms with Crippen LogP contribution in [0.2, 0.25) is 0 Å². The normalized spacial score (nSPS) is 21.7. The standard InChI is InChI=1S/C31H42N4O5.3ClH/c32-12-13-33-29(36)23-35-18-15-34(16-19-35,17-20-35)14-4-7-24-8-10-26(11-9-24)22-28(31(39)40)27(30(37)38)21-25-5-2-1-3-6-25;;;/h1-3,5-6,8-11,27-28H,4,7,12-23,32H2,(H-2,33,36,37,38,39,40);3*1H/t27-,28-,34?,35?;;;/m0.../s1. The van der Waals surface area contributed by atoms with Crippen LogP contribution in [0, 0.1) is 11.8 Å². The maximum Gasteiger partial charge on any atom is 0.307 e. The zero-order chi connectivity index (χ0) is 28.6. The van der Waals surface area contributed by atoms with Crippen molar-refractivity contribution >= 4 is 17.8 Å². The van der Waals surface area contributed by atoms with Crippen LogP contribution >= 0.6 is 0 Å². The average molecular weight is 660 g/mol. The molecule has 5 rings (SSSR count). The highest BCUT2D eigenvalue weighted by Gasteiger charge is 2.49. The van der Waals surface area contributed by atoms with Crippen molar-refractivity contribution in [1.29, 1.82) is 0 Å². The lowest BCUT2D eigenvalue weighted by Crippen LogP contribution is -3.00. The van der Waals surface area contributed by atoms with Crippen LogP contribution in [-0.4, -0.2) is 102 Å². The lowest BCUT2D eigenvalue weighted by molar-refractivity contribution is -1.08. The number of halogens is 3. The van der Waals surface area contributed by atoms with Crippen molar-refractivity contribution in [2.45, 2.75) is 25.7 Å². The van der Waals surface area contributed by atoms with Gasteiger partial charge >= 0.3 is 11.9 Å². The van der Waals surface area contributed by atoms with Crippen molar-refractivity contribution in [2.75, 3.05) is 65.4 Å². The number of rotatable bonds is 15. The quantitative estimate of drug-likeness (QED) is 0.141. The number of carbonyl (C=O) groups is 3. The number of benzene rings is 2. The monoisotopic (exact) mass is 658 g/mol. The summed E-state index contributed by atoms with van der Waals surface area (Å²) < 4.78 is 2.08. The van der Waals surface area contributed by atoms with E-state index in [1.54, 1.807) is 0 Å². The molecular formula is C31H45Cl3N4O5. The second-order valence-electron chi connectivity index (χ2n) is 11.8. The van der Waals surface area contributed by atoms with Crippen molar-refractivity contribution in [3.05, 3.63) is 71.3 Å². The van der Waals surface area contributed by atoms with Crippen molar-refractivity contribution < 1.29 is 76.5 Å². The van der Waals surface area contributed by atoms with Gasteiger partial charge in [0.25, 0.3) is 5.91 Å². The molecule has 240 valence electrons. The fourth-order valence-electron chi connectivity index (χ4n) is 6.49. The van der Waals surface area contributed by atoms with E-state index >= 15 is 0 Å². The first-order valence-corrected chi connectivity index (χ1v) is 14.6. The number of carboxylic acid groups (broad SMARTS) is 2. The first-order chi connectivity index (χ1) is 19.2. The Balaban J connectivity index is 0.00000308. The van der Waals surface area contributed by atoms with Crippen LogP contribution in [0.15, 0.2) is 54.6 Å². The smallest absolute Gasteiger partial charge is 0.307 e. The minimum Gasteiger partial charge on any atom is -1.00 e. The van der Waals surface area contributed by atoms with Crippen LogP contribution in [0.3, 0.4) is 0 Å². The summed E-state index contributed by atoms with van der Waals surface area (Å²) in [6.45, 7) is 9.69. The van der Waals surface area contributed by atoms with Gasteiger partial charge in [-0.15, -0.1) is 0 Å². The van der Waals surface area contributed by atoms with E-state index in [1.165, 1.54) is 5.56 Å². The van der Waals surface area contributed by atoms with E-state index < -0.39 is 23.8 Å². The van der Waals surface area contributed by atoms with Crippen molar-refractivity contribution in [1.82, 2.24) is 5.32 Å². The number of piperazine rings is 3. The van der Waals surface area contributed by atoms with Crippen molar-refractivity contribution in [2.24, 2.45) is 11.8 Å². The van der Waals surface area contributed by atoms with Gasteiger partial charge in [-0.1, -0.05) is 54.6 Å². The van der Waals surface area contributed by atoms with E-state index in [4.69, 9.17) is 0 Å². The number of hydrogen-bond donors (Lipinski definition) is 4. The van der Waals surface area contributed by atoms with Crippen LogP contribution < -0.4 is 48.3 Å². The number of aryl methyl sites for hydroxylation is 1. The minimum absolute atomic E-state index is 0. The molecule has 2 aromatic rings. The zero-order valence-electron chi connectivity index (χ0n) is 24.6. The number of carbonyl (C=O) groups excluding carboxylic acids is 1. The number of nitrogens with one attached hydrogen (secondary N) is 1. The van der Waals surface area contributed by atoms with Crippen LogP contribution in [0.25, 0.3) is 0 Å². The zero-order valence-corrected chi connectivity index (χ0v) is 26.9. The molecule has 3 fully saturated rings. The summed E-state index contributed by atoms with van der Waals surface area (Å²) in [7, 11) is 0. The number of nitrogens with zero attached hydrogens (tertiary/aromatic N) is 2. The number of quaternary nitrogens is 3. The molecular weight excluding hydrogens is 615 g/mol. The van der Waals surface area contributed by atoms with E-state index in [9.17, 15) is 24.6 Å². The summed E-state index contributed by atoms with van der Waals surface area (Å²) >= 11 is 0. The molecule has 2 bridgehead atoms. The lowest BCUT2D eigenvalue weighted by Gasteiger charge is -2.55. The van der Waals surface area contributed by atoms with Gasteiger partial charge in [0.2, 0.25) is 0 Å². The number of carboxylic acids is 2. The molecule has 0 saturated carbocycles. The summed E-state index contributed by atoms with van der Waals surface area (Å²) in [5.74, 6) is -4.01. The third-order valence-electron chi connectivity index (χ3n) is 9.12. The first kappa shape index (κ1) is 38.6. The fraction of sp³-hybridized carbons (Fsp3) is 0.516. The first-order valence-electron chi connectivity index (χ1n) is 14.6. The van der Waals surface area contributed by atoms with Crippen molar-refractivity contribution in [3.8, 4) is 0 Å². The Kier molecular flexibility index (Phi) is 16.0. The van der Waals surface area contributed by atoms with E-state index in [1.807, 2.05) is 42.5 Å². The van der Waals surface area contributed by atoms with E-state index in [0.717, 1.165) is 85.3 Å². The van der Waals surface area contributed by atoms with Crippen LogP contribution in [0.4, 0.5) is 0 Å². The largest absolute Gasteiger partial charge is 1.00 e. The van der Waals surface area contributed by atoms with Gasteiger partial charge in [0.05, 0.1) is 31.5 Å². The Bertz CT molecular complexity index is 1150. The Morgan fingerprint density at radius 3 is 1.67 bits per heavy atom. The van der Waals surface area contributed by atoms with Gasteiger partial charge in [0.15, 0.2) is 6.54 Å². The summed E-state index contributed by atoms with van der Waals surface area (Å²) in [4.78, 5) is 36.4. The predicted molar refractivity (Wildman–Crippen MR) is 151 cm³/mol. The molecule has 6 N–H and O–H groups in total. The SMILES string of the molecule is [Cl-].[Cl-].[Cl-].[NH3+]CCNC(=O)C[N+]12CC[N+](CCCc3ccc(C[C@H](C(=O)O)[C@H](Cc4ccccc4)C(=O)O)cc3)(CC1)CC2. The molecule has 0 aliphatic carbocycles. The Hall–Kier alpha value is -2.40. The molecule has 0 radical (unpaired) electrons. The topological polar surface area (TPSA) is 131 Å². The molecule has 0 unspecified atom stereocenters. The maximum atomic E-state index is 12.3. The van der Waals surface area contributed by atoms with Crippen molar-refractivity contribution in [3.63, 3.8) is 0 Å². The summed E-state index contributed by atoms with van der Waals surface area (Å²) in [5, 5.41) is 22.7. The number of fused-ring (bicyclic) bond motifs is 3. The molecule has 3 aliphatic heterocycles. The average Bonchev–Trinajstić information content (AvgIpc) is 2.96. The third-order valence-corrected chi connectivity index (χ3v) is 9.12. The minimum atomic E-state index is -1.08. The number of aliphatic carboxylic acids is 2. The summed E-state index contributed by atoms with van der Waals surface area (Å²) in [6.07, 6.45) is 2.42.